The molecule has 0 unspecified atom stereocenters. The summed E-state index contributed by atoms with van der Waals surface area (Å²) in [6, 6.07) is 8.89. The first-order chi connectivity index (χ1) is 14.3. The van der Waals surface area contributed by atoms with Crippen molar-refractivity contribution in [2.45, 2.75) is 18.9 Å². The molecule has 0 aliphatic carbocycles. The van der Waals surface area contributed by atoms with Crippen molar-refractivity contribution in [2.75, 3.05) is 25.2 Å². The summed E-state index contributed by atoms with van der Waals surface area (Å²) in [5.41, 5.74) is 1.98. The van der Waals surface area contributed by atoms with Crippen molar-refractivity contribution < 1.29 is 14.3 Å². The quantitative estimate of drug-likeness (QED) is 0.639. The molecule has 1 aliphatic heterocycles. The van der Waals surface area contributed by atoms with Crippen LogP contribution in [0.5, 0.6) is 0 Å². The molecule has 1 aliphatic rings. The Morgan fingerprint density at radius 1 is 1.33 bits per heavy atom. The van der Waals surface area contributed by atoms with E-state index in [1.807, 2.05) is 44.4 Å². The first-order valence-electron chi connectivity index (χ1n) is 9.54. The molecular formula is C21H23N5O4. The van der Waals surface area contributed by atoms with Gasteiger partial charge in [0.15, 0.2) is 5.60 Å². The Bertz CT molecular complexity index is 1130. The lowest BCUT2D eigenvalue weighted by atomic mass is 10.1. The van der Waals surface area contributed by atoms with Crippen molar-refractivity contribution in [1.82, 2.24) is 19.6 Å². The Hall–Kier alpha value is -3.46. The van der Waals surface area contributed by atoms with Crippen LogP contribution in [0.3, 0.4) is 0 Å². The summed E-state index contributed by atoms with van der Waals surface area (Å²) >= 11 is 0. The van der Waals surface area contributed by atoms with Crippen molar-refractivity contribution in [3.05, 3.63) is 70.4 Å². The van der Waals surface area contributed by atoms with Crippen molar-refractivity contribution in [2.24, 2.45) is 7.05 Å². The third-order valence-electron chi connectivity index (χ3n) is 4.93. The number of anilines is 1. The Kier molecular flexibility index (Phi) is 5.13. The number of rotatable bonds is 5. The van der Waals surface area contributed by atoms with Crippen LogP contribution in [0.2, 0.25) is 0 Å². The van der Waals surface area contributed by atoms with Gasteiger partial charge in [0.25, 0.3) is 0 Å². The average molecular weight is 409 g/mol. The maximum absolute atomic E-state index is 12.5. The molecule has 4 rings (SSSR count). The molecule has 9 heteroatoms. The van der Waals surface area contributed by atoms with Crippen molar-refractivity contribution in [1.29, 1.82) is 0 Å². The number of aryl methyl sites for hydroxylation is 1. The van der Waals surface area contributed by atoms with Crippen LogP contribution < -0.4 is 10.3 Å². The number of ether oxygens (including phenoxy) is 2. The molecular weight excluding hydrogens is 386 g/mol. The van der Waals surface area contributed by atoms with E-state index in [-0.39, 0.29) is 5.43 Å². The normalized spacial score (nSPS) is 14.8. The molecule has 1 saturated heterocycles. The SMILES string of the molecule is CN(C(=O)OC1(C)COC1)c1cccc(Cc2nn(-c3cnn(C)c3)ccc2=O)c1. The molecule has 3 heterocycles. The van der Waals surface area contributed by atoms with Crippen molar-refractivity contribution in [3.63, 3.8) is 0 Å². The van der Waals surface area contributed by atoms with Crippen LogP contribution >= 0.6 is 0 Å². The van der Waals surface area contributed by atoms with Crippen LogP contribution in [-0.4, -0.2) is 51.5 Å². The summed E-state index contributed by atoms with van der Waals surface area (Å²) in [7, 11) is 3.47. The number of carbonyl (C=O) groups excluding carboxylic acids is 1. The van der Waals surface area contributed by atoms with E-state index in [0.717, 1.165) is 11.3 Å². The van der Waals surface area contributed by atoms with Crippen LogP contribution in [0.4, 0.5) is 10.5 Å². The molecule has 3 aromatic rings. The van der Waals surface area contributed by atoms with Crippen LogP contribution in [0.15, 0.2) is 53.7 Å². The molecule has 2 aromatic heterocycles. The molecule has 0 spiro atoms. The molecule has 1 amide bonds. The first-order valence-corrected chi connectivity index (χ1v) is 9.54. The van der Waals surface area contributed by atoms with E-state index >= 15 is 0 Å². The van der Waals surface area contributed by atoms with Gasteiger partial charge in [-0.05, 0) is 24.6 Å². The van der Waals surface area contributed by atoms with Crippen LogP contribution in [-0.2, 0) is 22.9 Å². The molecule has 1 aromatic carbocycles. The van der Waals surface area contributed by atoms with Gasteiger partial charge in [-0.1, -0.05) is 12.1 Å². The summed E-state index contributed by atoms with van der Waals surface area (Å²) in [6.45, 7) is 2.64. The van der Waals surface area contributed by atoms with E-state index in [4.69, 9.17) is 9.47 Å². The predicted molar refractivity (Wildman–Crippen MR) is 110 cm³/mol. The summed E-state index contributed by atoms with van der Waals surface area (Å²) in [5, 5.41) is 8.59. The number of aromatic nitrogens is 4. The summed E-state index contributed by atoms with van der Waals surface area (Å²) in [5.74, 6) is 0. The Labute approximate surface area is 173 Å². The van der Waals surface area contributed by atoms with Gasteiger partial charge in [-0.25, -0.2) is 9.48 Å². The van der Waals surface area contributed by atoms with Gasteiger partial charge in [0.1, 0.15) is 11.4 Å². The van der Waals surface area contributed by atoms with Gasteiger partial charge in [0.05, 0.1) is 25.6 Å². The largest absolute Gasteiger partial charge is 0.438 e. The third-order valence-corrected chi connectivity index (χ3v) is 4.93. The highest BCUT2D eigenvalue weighted by Crippen LogP contribution is 2.24. The highest BCUT2D eigenvalue weighted by Gasteiger charge is 2.38. The fourth-order valence-corrected chi connectivity index (χ4v) is 3.14. The second-order valence-corrected chi connectivity index (χ2v) is 7.66. The minimum atomic E-state index is -0.575. The zero-order chi connectivity index (χ0) is 21.3. The summed E-state index contributed by atoms with van der Waals surface area (Å²) < 4.78 is 13.9. The average Bonchev–Trinajstić information content (AvgIpc) is 3.14. The number of hydrogen-bond acceptors (Lipinski definition) is 6. The summed E-state index contributed by atoms with van der Waals surface area (Å²) in [6.07, 6.45) is 5.00. The van der Waals surface area contributed by atoms with Crippen LogP contribution in [0.25, 0.3) is 5.69 Å². The van der Waals surface area contributed by atoms with E-state index in [1.165, 1.54) is 11.0 Å². The Morgan fingerprint density at radius 2 is 2.13 bits per heavy atom. The van der Waals surface area contributed by atoms with Crippen molar-refractivity contribution >= 4 is 11.8 Å². The van der Waals surface area contributed by atoms with Crippen LogP contribution in [0, 0.1) is 0 Å². The molecule has 0 bridgehead atoms. The number of nitrogens with zero attached hydrogens (tertiary/aromatic N) is 5. The van der Waals surface area contributed by atoms with Gasteiger partial charge in [-0.15, -0.1) is 0 Å². The van der Waals surface area contributed by atoms with E-state index in [0.29, 0.717) is 31.0 Å². The fourth-order valence-electron chi connectivity index (χ4n) is 3.14. The second kappa shape index (κ2) is 7.75. The minimum Gasteiger partial charge on any atom is -0.438 e. The molecule has 30 heavy (non-hydrogen) atoms. The number of hydrogen-bond donors (Lipinski definition) is 0. The molecule has 9 nitrogen and oxygen atoms in total. The van der Waals surface area contributed by atoms with Gasteiger partial charge in [0, 0.05) is 38.5 Å². The Morgan fingerprint density at radius 3 is 2.80 bits per heavy atom. The van der Waals surface area contributed by atoms with Gasteiger partial charge in [-0.3, -0.25) is 14.4 Å². The maximum Gasteiger partial charge on any atom is 0.414 e. The number of carbonyl (C=O) groups is 1. The lowest BCUT2D eigenvalue weighted by Crippen LogP contribution is -2.52. The second-order valence-electron chi connectivity index (χ2n) is 7.66. The maximum atomic E-state index is 12.5. The topological polar surface area (TPSA) is 91.5 Å². The van der Waals surface area contributed by atoms with Gasteiger partial charge < -0.3 is 9.47 Å². The van der Waals surface area contributed by atoms with E-state index in [9.17, 15) is 9.59 Å². The van der Waals surface area contributed by atoms with E-state index in [1.54, 1.807) is 28.8 Å². The highest BCUT2D eigenvalue weighted by molar-refractivity contribution is 5.87. The van der Waals surface area contributed by atoms with Gasteiger partial charge in [0.2, 0.25) is 5.43 Å². The minimum absolute atomic E-state index is 0.147. The van der Waals surface area contributed by atoms with Gasteiger partial charge in [-0.2, -0.15) is 10.2 Å². The highest BCUT2D eigenvalue weighted by atomic mass is 16.6. The zero-order valence-electron chi connectivity index (χ0n) is 17.1. The van der Waals surface area contributed by atoms with Gasteiger partial charge >= 0.3 is 6.09 Å². The monoisotopic (exact) mass is 409 g/mol. The molecule has 1 fully saturated rings. The predicted octanol–water partition coefficient (Wildman–Crippen LogP) is 1.92. The lowest BCUT2D eigenvalue weighted by molar-refractivity contribution is -0.165. The third kappa shape index (κ3) is 4.11. The number of amides is 1. The summed E-state index contributed by atoms with van der Waals surface area (Å²) in [4.78, 5) is 26.2. The molecule has 156 valence electrons. The molecule has 0 N–H and O–H groups in total. The van der Waals surface area contributed by atoms with E-state index < -0.39 is 11.7 Å². The van der Waals surface area contributed by atoms with Crippen LogP contribution in [0.1, 0.15) is 18.2 Å². The number of benzene rings is 1. The molecule has 0 saturated carbocycles. The standard InChI is InChI=1S/C21H23N5O4/c1-21(13-29-14-21)30-20(28)25(3)16-6-4-5-15(9-16)10-18-19(27)7-8-26(23-18)17-11-22-24(2)12-17/h4-9,11-12H,10,13-14H2,1-3H3. The lowest BCUT2D eigenvalue weighted by Gasteiger charge is -2.38. The molecule has 0 atom stereocenters. The first kappa shape index (κ1) is 19.8. The van der Waals surface area contributed by atoms with Crippen molar-refractivity contribution in [3.8, 4) is 5.69 Å². The Balaban J connectivity index is 1.53. The smallest absolute Gasteiger partial charge is 0.414 e. The fraction of sp³-hybridized carbons (Fsp3) is 0.333. The molecule has 0 radical (unpaired) electrons. The van der Waals surface area contributed by atoms with E-state index in [2.05, 4.69) is 10.2 Å². The zero-order valence-corrected chi connectivity index (χ0v) is 17.1.